The third kappa shape index (κ3) is 2.05. The van der Waals surface area contributed by atoms with E-state index in [0.717, 1.165) is 22.2 Å². The molecule has 0 spiro atoms. The first kappa shape index (κ1) is 9.46. The van der Waals surface area contributed by atoms with Crippen molar-refractivity contribution in [1.29, 1.82) is 0 Å². The quantitative estimate of drug-likeness (QED) is 0.741. The fourth-order valence-electron chi connectivity index (χ4n) is 1.60. The van der Waals surface area contributed by atoms with Gasteiger partial charge >= 0.3 is 0 Å². The average Bonchev–Trinajstić information content (AvgIpc) is 2.61. The second kappa shape index (κ2) is 3.96. The molecule has 2 rings (SSSR count). The van der Waals surface area contributed by atoms with Crippen molar-refractivity contribution in [2.45, 2.75) is 12.8 Å². The highest BCUT2D eigenvalue weighted by molar-refractivity contribution is 9.11. The molecule has 0 aliphatic carbocycles. The summed E-state index contributed by atoms with van der Waals surface area (Å²) in [7, 11) is 0. The van der Waals surface area contributed by atoms with Crippen LogP contribution in [-0.2, 0) is 0 Å². The number of halogens is 2. The van der Waals surface area contributed by atoms with Gasteiger partial charge in [-0.2, -0.15) is 0 Å². The molecule has 1 aromatic heterocycles. The Morgan fingerprint density at radius 1 is 1.23 bits per heavy atom. The van der Waals surface area contributed by atoms with Crippen LogP contribution in [0.25, 0.3) is 0 Å². The Balaban J connectivity index is 2.32. The van der Waals surface area contributed by atoms with E-state index in [4.69, 9.17) is 0 Å². The van der Waals surface area contributed by atoms with Crippen LogP contribution in [0.3, 0.4) is 0 Å². The van der Waals surface area contributed by atoms with Crippen molar-refractivity contribution in [1.82, 2.24) is 4.98 Å². The number of pyridine rings is 1. The normalized spacial score (nSPS) is 16.6. The van der Waals surface area contributed by atoms with E-state index < -0.39 is 0 Å². The molecule has 0 unspecified atom stereocenters. The monoisotopic (exact) mass is 304 g/mol. The van der Waals surface area contributed by atoms with Gasteiger partial charge in [0.25, 0.3) is 0 Å². The fourth-order valence-corrected chi connectivity index (χ4v) is 2.39. The Kier molecular flexibility index (Phi) is 2.89. The summed E-state index contributed by atoms with van der Waals surface area (Å²) in [5, 5.41) is 0. The Bertz CT molecular complexity index is 308. The lowest BCUT2D eigenvalue weighted by Crippen LogP contribution is -2.18. The highest BCUT2D eigenvalue weighted by Crippen LogP contribution is 2.30. The summed E-state index contributed by atoms with van der Waals surface area (Å²) in [6.07, 6.45) is 4.44. The minimum Gasteiger partial charge on any atom is -0.370 e. The van der Waals surface area contributed by atoms with Gasteiger partial charge in [-0.25, -0.2) is 4.98 Å². The number of anilines is 1. The van der Waals surface area contributed by atoms with Gasteiger partial charge < -0.3 is 4.90 Å². The minimum absolute atomic E-state index is 0.901. The molecule has 1 aliphatic heterocycles. The molecule has 0 N–H and O–H groups in total. The zero-order chi connectivity index (χ0) is 9.26. The lowest BCUT2D eigenvalue weighted by Gasteiger charge is -2.18. The molecular formula is C9H10Br2N2. The number of nitrogens with zero attached hydrogens (tertiary/aromatic N) is 2. The molecule has 1 aliphatic rings. The summed E-state index contributed by atoms with van der Waals surface area (Å²) >= 11 is 6.90. The first-order chi connectivity index (χ1) is 6.27. The van der Waals surface area contributed by atoms with Crippen molar-refractivity contribution in [3.05, 3.63) is 21.3 Å². The van der Waals surface area contributed by atoms with Gasteiger partial charge in [0.1, 0.15) is 4.60 Å². The van der Waals surface area contributed by atoms with Crippen LogP contribution in [0.2, 0.25) is 0 Å². The van der Waals surface area contributed by atoms with Gasteiger partial charge in [-0.15, -0.1) is 0 Å². The van der Waals surface area contributed by atoms with E-state index >= 15 is 0 Å². The molecule has 70 valence electrons. The second-order valence-electron chi connectivity index (χ2n) is 3.15. The van der Waals surface area contributed by atoms with E-state index in [1.807, 2.05) is 6.20 Å². The third-order valence-electron chi connectivity index (χ3n) is 2.25. The van der Waals surface area contributed by atoms with E-state index in [9.17, 15) is 0 Å². The molecule has 1 aromatic rings. The van der Waals surface area contributed by atoms with Gasteiger partial charge in [0, 0.05) is 19.3 Å². The maximum Gasteiger partial charge on any atom is 0.108 e. The van der Waals surface area contributed by atoms with Gasteiger partial charge in [0.05, 0.1) is 10.2 Å². The minimum atomic E-state index is 0.901. The molecule has 0 radical (unpaired) electrons. The Hall–Kier alpha value is -0.0900. The van der Waals surface area contributed by atoms with Crippen LogP contribution in [0.15, 0.2) is 21.3 Å². The van der Waals surface area contributed by atoms with Crippen molar-refractivity contribution >= 4 is 37.5 Å². The van der Waals surface area contributed by atoms with Crippen LogP contribution in [0.4, 0.5) is 5.69 Å². The zero-order valence-electron chi connectivity index (χ0n) is 7.13. The molecule has 4 heteroatoms. The van der Waals surface area contributed by atoms with Gasteiger partial charge in [-0.05, 0) is 50.8 Å². The molecule has 0 amide bonds. The zero-order valence-corrected chi connectivity index (χ0v) is 10.3. The van der Waals surface area contributed by atoms with Gasteiger partial charge in [0.2, 0.25) is 0 Å². The molecule has 1 fully saturated rings. The lowest BCUT2D eigenvalue weighted by atomic mass is 10.4. The lowest BCUT2D eigenvalue weighted by molar-refractivity contribution is 0.949. The largest absolute Gasteiger partial charge is 0.370 e. The standard InChI is InChI=1S/C9H10Br2N2/c10-7-6-12-9(11)5-8(7)13-3-1-2-4-13/h5-6H,1-4H2. The first-order valence-corrected chi connectivity index (χ1v) is 5.92. The number of hydrogen-bond donors (Lipinski definition) is 0. The van der Waals surface area contributed by atoms with Crippen molar-refractivity contribution < 1.29 is 0 Å². The van der Waals surface area contributed by atoms with Crippen LogP contribution in [-0.4, -0.2) is 18.1 Å². The van der Waals surface area contributed by atoms with Crippen LogP contribution in [0.1, 0.15) is 12.8 Å². The molecular weight excluding hydrogens is 296 g/mol. The smallest absolute Gasteiger partial charge is 0.108 e. The predicted molar refractivity (Wildman–Crippen MR) is 61.1 cm³/mol. The summed E-state index contributed by atoms with van der Waals surface area (Å²) in [5.41, 5.74) is 1.25. The third-order valence-corrected chi connectivity index (χ3v) is 3.29. The van der Waals surface area contributed by atoms with E-state index in [1.165, 1.54) is 18.5 Å². The highest BCUT2D eigenvalue weighted by atomic mass is 79.9. The molecule has 2 nitrogen and oxygen atoms in total. The Labute approximate surface area is 94.6 Å². The number of aromatic nitrogens is 1. The van der Waals surface area contributed by atoms with Gasteiger partial charge in [-0.3, -0.25) is 0 Å². The molecule has 0 aromatic carbocycles. The van der Waals surface area contributed by atoms with Crippen molar-refractivity contribution in [3.63, 3.8) is 0 Å². The van der Waals surface area contributed by atoms with Crippen LogP contribution in [0.5, 0.6) is 0 Å². The van der Waals surface area contributed by atoms with Crippen LogP contribution >= 0.6 is 31.9 Å². The van der Waals surface area contributed by atoms with Crippen molar-refractivity contribution in [2.24, 2.45) is 0 Å². The summed E-state index contributed by atoms with van der Waals surface area (Å²) in [5.74, 6) is 0. The molecule has 0 saturated carbocycles. The SMILES string of the molecule is Brc1cc(N2CCCC2)c(Br)cn1. The molecule has 1 saturated heterocycles. The predicted octanol–water partition coefficient (Wildman–Crippen LogP) is 3.21. The number of hydrogen-bond acceptors (Lipinski definition) is 2. The summed E-state index contributed by atoms with van der Waals surface area (Å²) in [6.45, 7) is 2.32. The average molecular weight is 306 g/mol. The Morgan fingerprint density at radius 2 is 1.92 bits per heavy atom. The maximum atomic E-state index is 4.15. The van der Waals surface area contributed by atoms with Crippen LogP contribution < -0.4 is 4.90 Å². The summed E-state index contributed by atoms with van der Waals surface area (Å²) in [6, 6.07) is 2.06. The summed E-state index contributed by atoms with van der Waals surface area (Å²) in [4.78, 5) is 6.54. The highest BCUT2D eigenvalue weighted by Gasteiger charge is 2.15. The van der Waals surface area contributed by atoms with Crippen molar-refractivity contribution in [2.75, 3.05) is 18.0 Å². The Morgan fingerprint density at radius 3 is 2.62 bits per heavy atom. The molecule has 13 heavy (non-hydrogen) atoms. The number of rotatable bonds is 1. The fraction of sp³-hybridized carbons (Fsp3) is 0.444. The molecule has 0 bridgehead atoms. The van der Waals surface area contributed by atoms with E-state index in [0.29, 0.717) is 0 Å². The maximum absolute atomic E-state index is 4.15. The molecule has 2 heterocycles. The van der Waals surface area contributed by atoms with E-state index in [-0.39, 0.29) is 0 Å². The molecule has 0 atom stereocenters. The topological polar surface area (TPSA) is 16.1 Å². The van der Waals surface area contributed by atoms with Crippen LogP contribution in [0, 0.1) is 0 Å². The second-order valence-corrected chi connectivity index (χ2v) is 4.82. The van der Waals surface area contributed by atoms with Gasteiger partial charge in [-0.1, -0.05) is 0 Å². The van der Waals surface area contributed by atoms with E-state index in [1.54, 1.807) is 0 Å². The summed E-state index contributed by atoms with van der Waals surface area (Å²) < 4.78 is 1.98. The van der Waals surface area contributed by atoms with Gasteiger partial charge in [0.15, 0.2) is 0 Å². The van der Waals surface area contributed by atoms with E-state index in [2.05, 4.69) is 47.8 Å². The van der Waals surface area contributed by atoms with Crippen molar-refractivity contribution in [3.8, 4) is 0 Å². The first-order valence-electron chi connectivity index (χ1n) is 4.33.